The normalized spacial score (nSPS) is 10.1. The second-order valence-electron chi connectivity index (χ2n) is 3.53. The van der Waals surface area contributed by atoms with E-state index in [1.807, 2.05) is 25.1 Å². The van der Waals surface area contributed by atoms with Gasteiger partial charge in [0.2, 0.25) is 5.78 Å². The minimum absolute atomic E-state index is 0.144. The van der Waals surface area contributed by atoms with Crippen molar-refractivity contribution >= 4 is 17.4 Å². The molecular weight excluding hydrogens is 222 g/mol. The van der Waals surface area contributed by atoms with Crippen LogP contribution in [-0.2, 0) is 0 Å². The maximum absolute atomic E-state index is 12.1. The molecule has 0 aliphatic heterocycles. The van der Waals surface area contributed by atoms with E-state index in [1.54, 1.807) is 24.4 Å². The Kier molecular flexibility index (Phi) is 3.02. The van der Waals surface area contributed by atoms with E-state index in [0.717, 1.165) is 5.56 Å². The van der Waals surface area contributed by atoms with Crippen LogP contribution in [0.3, 0.4) is 0 Å². The largest absolute Gasteiger partial charge is 0.287 e. The van der Waals surface area contributed by atoms with Gasteiger partial charge in [-0.05, 0) is 25.1 Å². The lowest BCUT2D eigenvalue weighted by atomic mass is 10.1. The summed E-state index contributed by atoms with van der Waals surface area (Å²) in [6.07, 6.45) is 1.56. The highest BCUT2D eigenvalue weighted by molar-refractivity contribution is 6.34. The first-order valence-electron chi connectivity index (χ1n) is 4.90. The van der Waals surface area contributed by atoms with Crippen molar-refractivity contribution in [3.8, 4) is 0 Å². The summed E-state index contributed by atoms with van der Waals surface area (Å²) in [6, 6.07) is 10.7. The van der Waals surface area contributed by atoms with Crippen LogP contribution in [0.2, 0.25) is 5.02 Å². The lowest BCUT2D eigenvalue weighted by Gasteiger charge is -2.02. The van der Waals surface area contributed by atoms with Gasteiger partial charge in [-0.1, -0.05) is 35.4 Å². The van der Waals surface area contributed by atoms with Gasteiger partial charge in [0, 0.05) is 11.8 Å². The second-order valence-corrected chi connectivity index (χ2v) is 3.94. The number of aryl methyl sites for hydroxylation is 1. The van der Waals surface area contributed by atoms with Crippen molar-refractivity contribution in [3.63, 3.8) is 0 Å². The molecule has 1 aromatic carbocycles. The van der Waals surface area contributed by atoms with E-state index in [1.165, 1.54) is 0 Å². The number of hydrogen-bond donors (Lipinski definition) is 0. The number of halogens is 1. The van der Waals surface area contributed by atoms with E-state index in [9.17, 15) is 4.79 Å². The van der Waals surface area contributed by atoms with Crippen molar-refractivity contribution in [1.29, 1.82) is 0 Å². The molecule has 0 spiro atoms. The van der Waals surface area contributed by atoms with Gasteiger partial charge in [0.05, 0.1) is 5.02 Å². The minimum atomic E-state index is -0.144. The Bertz CT molecular complexity index is 537. The van der Waals surface area contributed by atoms with Gasteiger partial charge in [-0.2, -0.15) is 0 Å². The van der Waals surface area contributed by atoms with E-state index >= 15 is 0 Å². The van der Waals surface area contributed by atoms with Crippen LogP contribution in [0.1, 0.15) is 21.6 Å². The van der Waals surface area contributed by atoms with Gasteiger partial charge in [-0.3, -0.25) is 9.78 Å². The Balaban J connectivity index is 2.44. The molecule has 1 aromatic heterocycles. The van der Waals surface area contributed by atoms with Crippen molar-refractivity contribution < 1.29 is 4.79 Å². The summed E-state index contributed by atoms with van der Waals surface area (Å²) in [5, 5.41) is 0.383. The monoisotopic (exact) mass is 231 g/mol. The van der Waals surface area contributed by atoms with E-state index in [2.05, 4.69) is 4.98 Å². The standard InChI is InChI=1S/C13H10ClNO/c1-9-4-2-5-10(8-9)13(16)12-11(14)6-3-7-15-12/h2-8H,1H3. The van der Waals surface area contributed by atoms with Crippen LogP contribution in [0.5, 0.6) is 0 Å². The van der Waals surface area contributed by atoms with Gasteiger partial charge >= 0.3 is 0 Å². The molecule has 1 heterocycles. The quantitative estimate of drug-likeness (QED) is 0.743. The number of benzene rings is 1. The summed E-state index contributed by atoms with van der Waals surface area (Å²) in [5.41, 5.74) is 1.95. The molecular formula is C13H10ClNO. The van der Waals surface area contributed by atoms with Gasteiger partial charge in [0.25, 0.3) is 0 Å². The summed E-state index contributed by atoms with van der Waals surface area (Å²) in [4.78, 5) is 16.1. The SMILES string of the molecule is Cc1cccc(C(=O)c2ncccc2Cl)c1. The Morgan fingerprint density at radius 2 is 2.06 bits per heavy atom. The molecule has 0 fully saturated rings. The van der Waals surface area contributed by atoms with E-state index < -0.39 is 0 Å². The molecule has 3 heteroatoms. The summed E-state index contributed by atoms with van der Waals surface area (Å²) in [7, 11) is 0. The van der Waals surface area contributed by atoms with Gasteiger partial charge in [0.1, 0.15) is 5.69 Å². The third-order valence-corrected chi connectivity index (χ3v) is 2.56. The summed E-state index contributed by atoms with van der Waals surface area (Å²) < 4.78 is 0. The Morgan fingerprint density at radius 1 is 1.25 bits per heavy atom. The van der Waals surface area contributed by atoms with E-state index in [4.69, 9.17) is 11.6 Å². The van der Waals surface area contributed by atoms with Crippen molar-refractivity contribution in [2.45, 2.75) is 6.92 Å². The highest BCUT2D eigenvalue weighted by Gasteiger charge is 2.13. The molecule has 0 bridgehead atoms. The van der Waals surface area contributed by atoms with E-state index in [0.29, 0.717) is 16.3 Å². The predicted molar refractivity (Wildman–Crippen MR) is 63.9 cm³/mol. The predicted octanol–water partition coefficient (Wildman–Crippen LogP) is 3.27. The maximum Gasteiger partial charge on any atom is 0.212 e. The summed E-state index contributed by atoms with van der Waals surface area (Å²) >= 11 is 5.93. The van der Waals surface area contributed by atoms with Gasteiger partial charge in [-0.15, -0.1) is 0 Å². The summed E-state index contributed by atoms with van der Waals surface area (Å²) in [6.45, 7) is 1.94. The number of pyridine rings is 1. The number of carbonyl (C=O) groups excluding carboxylic acids is 1. The molecule has 0 N–H and O–H groups in total. The van der Waals surface area contributed by atoms with Gasteiger partial charge in [-0.25, -0.2) is 0 Å². The molecule has 0 radical (unpaired) electrons. The molecule has 2 nitrogen and oxygen atoms in total. The number of ketones is 1. The molecule has 0 atom stereocenters. The zero-order chi connectivity index (χ0) is 11.5. The maximum atomic E-state index is 12.1. The summed E-state index contributed by atoms with van der Waals surface area (Å²) in [5.74, 6) is -0.144. The van der Waals surface area contributed by atoms with Crippen molar-refractivity contribution in [1.82, 2.24) is 4.98 Å². The lowest BCUT2D eigenvalue weighted by molar-refractivity contribution is 0.103. The van der Waals surface area contributed by atoms with Crippen LogP contribution < -0.4 is 0 Å². The smallest absolute Gasteiger partial charge is 0.212 e. The number of nitrogens with zero attached hydrogens (tertiary/aromatic N) is 1. The van der Waals surface area contributed by atoms with Crippen LogP contribution in [0.4, 0.5) is 0 Å². The molecule has 0 amide bonds. The molecule has 0 aliphatic carbocycles. The highest BCUT2D eigenvalue weighted by Crippen LogP contribution is 2.17. The van der Waals surface area contributed by atoms with Gasteiger partial charge in [0.15, 0.2) is 0 Å². The first kappa shape index (κ1) is 10.8. The Hall–Kier alpha value is -1.67. The number of carbonyl (C=O) groups is 1. The Labute approximate surface area is 98.9 Å². The third-order valence-electron chi connectivity index (χ3n) is 2.25. The zero-order valence-electron chi connectivity index (χ0n) is 8.77. The van der Waals surface area contributed by atoms with Crippen LogP contribution >= 0.6 is 11.6 Å². The molecule has 0 saturated heterocycles. The average Bonchev–Trinajstić information content (AvgIpc) is 2.29. The second kappa shape index (κ2) is 4.45. The Morgan fingerprint density at radius 3 is 2.75 bits per heavy atom. The highest BCUT2D eigenvalue weighted by atomic mass is 35.5. The number of aromatic nitrogens is 1. The first-order chi connectivity index (χ1) is 7.68. The minimum Gasteiger partial charge on any atom is -0.287 e. The van der Waals surface area contributed by atoms with Crippen LogP contribution in [0.25, 0.3) is 0 Å². The first-order valence-corrected chi connectivity index (χ1v) is 5.28. The zero-order valence-corrected chi connectivity index (χ0v) is 9.53. The van der Waals surface area contributed by atoms with Crippen LogP contribution in [-0.4, -0.2) is 10.8 Å². The number of hydrogen-bond acceptors (Lipinski definition) is 2. The fourth-order valence-electron chi connectivity index (χ4n) is 1.48. The van der Waals surface area contributed by atoms with Crippen LogP contribution in [0.15, 0.2) is 42.6 Å². The van der Waals surface area contributed by atoms with Gasteiger partial charge < -0.3 is 0 Å². The van der Waals surface area contributed by atoms with Crippen molar-refractivity contribution in [2.75, 3.05) is 0 Å². The van der Waals surface area contributed by atoms with Crippen molar-refractivity contribution in [2.24, 2.45) is 0 Å². The van der Waals surface area contributed by atoms with E-state index in [-0.39, 0.29) is 5.78 Å². The van der Waals surface area contributed by atoms with Crippen molar-refractivity contribution in [3.05, 3.63) is 64.4 Å². The third kappa shape index (κ3) is 2.12. The molecule has 16 heavy (non-hydrogen) atoms. The number of rotatable bonds is 2. The molecule has 0 aliphatic rings. The lowest BCUT2D eigenvalue weighted by Crippen LogP contribution is -2.04. The fraction of sp³-hybridized carbons (Fsp3) is 0.0769. The molecule has 2 rings (SSSR count). The molecule has 2 aromatic rings. The van der Waals surface area contributed by atoms with Crippen LogP contribution in [0, 0.1) is 6.92 Å². The average molecular weight is 232 g/mol. The molecule has 80 valence electrons. The topological polar surface area (TPSA) is 30.0 Å². The molecule has 0 unspecified atom stereocenters. The fourth-order valence-corrected chi connectivity index (χ4v) is 1.68. The molecule has 0 saturated carbocycles.